The number of methoxy groups -OCH3 is 1. The third-order valence-corrected chi connectivity index (χ3v) is 4.56. The van der Waals surface area contributed by atoms with E-state index in [1.807, 2.05) is 24.3 Å². The van der Waals surface area contributed by atoms with Crippen molar-refractivity contribution >= 4 is 34.2 Å². The number of ether oxygens (including phenoxy) is 1. The third-order valence-electron chi connectivity index (χ3n) is 2.91. The average molecular weight is 403 g/mol. The third kappa shape index (κ3) is 3.48. The molecule has 0 spiro atoms. The van der Waals surface area contributed by atoms with Crippen LogP contribution in [0.4, 0.5) is 0 Å². The van der Waals surface area contributed by atoms with Crippen LogP contribution in [-0.2, 0) is 11.3 Å². The molecule has 0 aliphatic carbocycles. The van der Waals surface area contributed by atoms with E-state index in [4.69, 9.17) is 16.3 Å². The lowest BCUT2D eigenvalue weighted by molar-refractivity contribution is 0.185. The zero-order valence-electron chi connectivity index (χ0n) is 11.7. The Morgan fingerprint density at radius 3 is 2.40 bits per heavy atom. The van der Waals surface area contributed by atoms with Gasteiger partial charge in [0.25, 0.3) is 0 Å². The highest BCUT2D eigenvalue weighted by Crippen LogP contribution is 2.28. The molecule has 0 aliphatic rings. The number of aromatic nitrogens is 2. The van der Waals surface area contributed by atoms with Gasteiger partial charge in [-0.2, -0.15) is 0 Å². The van der Waals surface area contributed by atoms with Crippen molar-refractivity contribution in [3.05, 3.63) is 44.2 Å². The minimum atomic E-state index is 0.314. The van der Waals surface area contributed by atoms with Crippen molar-refractivity contribution < 1.29 is 4.74 Å². The lowest BCUT2D eigenvalue weighted by Crippen LogP contribution is -2.02. The Hall–Kier alpha value is -0.720. The summed E-state index contributed by atoms with van der Waals surface area (Å²) in [6, 6.07) is 8.03. The Morgan fingerprint density at radius 1 is 1.20 bits per heavy atom. The molecule has 2 aromatic rings. The quantitative estimate of drug-likeness (QED) is 0.550. The van der Waals surface area contributed by atoms with E-state index < -0.39 is 0 Å². The SMILES string of the molecule is COCc1ccc(-c2nc(Cl)c(I)c(C(C)C)n2)cc1. The van der Waals surface area contributed by atoms with Gasteiger partial charge in [-0.1, -0.05) is 49.7 Å². The largest absolute Gasteiger partial charge is 0.380 e. The van der Waals surface area contributed by atoms with E-state index >= 15 is 0 Å². The van der Waals surface area contributed by atoms with Crippen LogP contribution in [0.1, 0.15) is 31.0 Å². The van der Waals surface area contributed by atoms with E-state index in [-0.39, 0.29) is 0 Å². The summed E-state index contributed by atoms with van der Waals surface area (Å²) >= 11 is 8.41. The van der Waals surface area contributed by atoms with E-state index in [2.05, 4.69) is 46.4 Å². The predicted molar refractivity (Wildman–Crippen MR) is 90.0 cm³/mol. The summed E-state index contributed by atoms with van der Waals surface area (Å²) in [5.74, 6) is 0.983. The highest BCUT2D eigenvalue weighted by Gasteiger charge is 2.14. The molecule has 0 saturated carbocycles. The zero-order valence-corrected chi connectivity index (χ0v) is 14.6. The smallest absolute Gasteiger partial charge is 0.161 e. The molecule has 0 fully saturated rings. The number of hydrogen-bond acceptors (Lipinski definition) is 3. The van der Waals surface area contributed by atoms with Gasteiger partial charge in [0.1, 0.15) is 5.15 Å². The van der Waals surface area contributed by atoms with Crippen molar-refractivity contribution in [3.8, 4) is 11.4 Å². The van der Waals surface area contributed by atoms with Crippen molar-refractivity contribution in [3.63, 3.8) is 0 Å². The van der Waals surface area contributed by atoms with Crippen LogP contribution < -0.4 is 0 Å². The number of rotatable bonds is 4. The molecule has 0 N–H and O–H groups in total. The highest BCUT2D eigenvalue weighted by molar-refractivity contribution is 14.1. The fraction of sp³-hybridized carbons (Fsp3) is 0.333. The Morgan fingerprint density at radius 2 is 1.85 bits per heavy atom. The maximum Gasteiger partial charge on any atom is 0.161 e. The summed E-state index contributed by atoms with van der Waals surface area (Å²) in [6.07, 6.45) is 0. The maximum atomic E-state index is 6.22. The summed E-state index contributed by atoms with van der Waals surface area (Å²) in [6.45, 7) is 4.81. The molecule has 0 aliphatic heterocycles. The Bertz CT molecular complexity index is 600. The molecule has 1 aromatic carbocycles. The van der Waals surface area contributed by atoms with Gasteiger partial charge >= 0.3 is 0 Å². The van der Waals surface area contributed by atoms with Gasteiger partial charge in [-0.25, -0.2) is 9.97 Å². The Labute approximate surface area is 137 Å². The standard InChI is InChI=1S/C15H16ClIN2O/c1-9(2)13-12(17)14(16)19-15(18-13)11-6-4-10(5-7-11)8-20-3/h4-7,9H,8H2,1-3H3. The monoisotopic (exact) mass is 402 g/mol. The van der Waals surface area contributed by atoms with Crippen LogP contribution >= 0.6 is 34.2 Å². The van der Waals surface area contributed by atoms with Gasteiger partial charge in [-0.3, -0.25) is 0 Å². The first-order chi connectivity index (χ1) is 9.52. The van der Waals surface area contributed by atoms with Crippen LogP contribution in [0.15, 0.2) is 24.3 Å². The fourth-order valence-corrected chi connectivity index (χ4v) is 2.91. The molecule has 0 bridgehead atoms. The highest BCUT2D eigenvalue weighted by atomic mass is 127. The first kappa shape index (κ1) is 15.7. The van der Waals surface area contributed by atoms with Gasteiger partial charge in [0, 0.05) is 12.7 Å². The minimum Gasteiger partial charge on any atom is -0.380 e. The second-order valence-corrected chi connectivity index (χ2v) is 6.26. The van der Waals surface area contributed by atoms with Crippen molar-refractivity contribution in [2.24, 2.45) is 0 Å². The molecule has 1 heterocycles. The van der Waals surface area contributed by atoms with Crippen LogP contribution in [0.2, 0.25) is 5.15 Å². The molecule has 0 saturated heterocycles. The number of halogens is 2. The van der Waals surface area contributed by atoms with Crippen LogP contribution in [0.25, 0.3) is 11.4 Å². The molecule has 20 heavy (non-hydrogen) atoms. The first-order valence-electron chi connectivity index (χ1n) is 6.34. The summed E-state index contributed by atoms with van der Waals surface area (Å²) in [5.41, 5.74) is 3.07. The molecule has 106 valence electrons. The van der Waals surface area contributed by atoms with E-state index in [1.165, 1.54) is 0 Å². The lowest BCUT2D eigenvalue weighted by Gasteiger charge is -2.11. The topological polar surface area (TPSA) is 35.0 Å². The molecule has 2 rings (SSSR count). The second kappa shape index (κ2) is 6.83. The summed E-state index contributed by atoms with van der Waals surface area (Å²) in [7, 11) is 1.69. The first-order valence-corrected chi connectivity index (χ1v) is 7.79. The lowest BCUT2D eigenvalue weighted by atomic mass is 10.1. The van der Waals surface area contributed by atoms with Crippen molar-refractivity contribution in [1.29, 1.82) is 0 Å². The van der Waals surface area contributed by atoms with Crippen molar-refractivity contribution in [2.75, 3.05) is 7.11 Å². The molecule has 0 radical (unpaired) electrons. The maximum absolute atomic E-state index is 6.22. The van der Waals surface area contributed by atoms with Gasteiger partial charge in [-0.15, -0.1) is 0 Å². The van der Waals surface area contributed by atoms with Gasteiger partial charge in [0.2, 0.25) is 0 Å². The number of hydrogen-bond donors (Lipinski definition) is 0. The molecule has 3 nitrogen and oxygen atoms in total. The van der Waals surface area contributed by atoms with Crippen LogP contribution in [0.5, 0.6) is 0 Å². The van der Waals surface area contributed by atoms with Crippen molar-refractivity contribution in [1.82, 2.24) is 9.97 Å². The normalized spacial score (nSPS) is 11.1. The summed E-state index contributed by atoms with van der Waals surface area (Å²) in [4.78, 5) is 9.02. The van der Waals surface area contributed by atoms with Crippen molar-refractivity contribution in [2.45, 2.75) is 26.4 Å². The zero-order chi connectivity index (χ0) is 14.7. The Balaban J connectivity index is 2.42. The van der Waals surface area contributed by atoms with E-state index in [9.17, 15) is 0 Å². The molecule has 5 heteroatoms. The summed E-state index contributed by atoms with van der Waals surface area (Å²) in [5, 5.41) is 0.514. The molecular weight excluding hydrogens is 387 g/mol. The van der Waals surface area contributed by atoms with E-state index in [1.54, 1.807) is 7.11 Å². The minimum absolute atomic E-state index is 0.314. The molecule has 0 atom stereocenters. The Kier molecular flexibility index (Phi) is 5.35. The fourth-order valence-electron chi connectivity index (χ4n) is 1.86. The van der Waals surface area contributed by atoms with Gasteiger partial charge in [-0.05, 0) is 34.1 Å². The van der Waals surface area contributed by atoms with Gasteiger partial charge in [0.15, 0.2) is 5.82 Å². The average Bonchev–Trinajstić information content (AvgIpc) is 2.42. The number of nitrogens with zero attached hydrogens (tertiary/aromatic N) is 2. The van der Waals surface area contributed by atoms with Crippen LogP contribution in [0.3, 0.4) is 0 Å². The van der Waals surface area contributed by atoms with Gasteiger partial charge < -0.3 is 4.74 Å². The van der Waals surface area contributed by atoms with Crippen LogP contribution in [0, 0.1) is 3.57 Å². The van der Waals surface area contributed by atoms with E-state index in [0.29, 0.717) is 23.5 Å². The summed E-state index contributed by atoms with van der Waals surface area (Å²) < 4.78 is 6.04. The molecule has 0 unspecified atom stereocenters. The predicted octanol–water partition coefficient (Wildman–Crippen LogP) is 4.67. The second-order valence-electron chi connectivity index (χ2n) is 4.82. The van der Waals surface area contributed by atoms with Gasteiger partial charge in [0.05, 0.1) is 15.9 Å². The molecule has 1 aromatic heterocycles. The molecular formula is C15H16ClIN2O. The number of benzene rings is 1. The van der Waals surface area contributed by atoms with Crippen LogP contribution in [-0.4, -0.2) is 17.1 Å². The van der Waals surface area contributed by atoms with E-state index in [0.717, 1.165) is 20.4 Å². The molecule has 0 amide bonds.